The van der Waals surface area contributed by atoms with E-state index in [0.29, 0.717) is 26.8 Å². The first-order valence-electron chi connectivity index (χ1n) is 17.0. The number of phenols is 1. The number of hydrogen-bond acceptors (Lipinski definition) is 10. The van der Waals surface area contributed by atoms with Gasteiger partial charge in [-0.1, -0.05) is 42.0 Å². The molecule has 1 saturated carbocycles. The van der Waals surface area contributed by atoms with Crippen LogP contribution in [0.2, 0.25) is 0 Å². The minimum absolute atomic E-state index is 0.00218. The maximum Gasteiger partial charge on any atom is 0.301 e. The van der Waals surface area contributed by atoms with Crippen LogP contribution in [-0.2, 0) is 19.2 Å². The van der Waals surface area contributed by atoms with Gasteiger partial charge in [0.1, 0.15) is 11.6 Å². The number of nitro benzene ring substituents is 2. The second-order valence-corrected chi connectivity index (χ2v) is 15.5. The summed E-state index contributed by atoms with van der Waals surface area (Å²) in [4.78, 5) is 79.0. The maximum absolute atomic E-state index is 14.7. The molecule has 0 bridgehead atoms. The van der Waals surface area contributed by atoms with Crippen molar-refractivity contribution >= 4 is 86.0 Å². The summed E-state index contributed by atoms with van der Waals surface area (Å²) >= 11 is 15.0. The van der Waals surface area contributed by atoms with E-state index in [1.54, 1.807) is 36.4 Å². The number of nitrogens with zero attached hydrogens (tertiary/aromatic N) is 5. The fourth-order valence-corrected chi connectivity index (χ4v) is 9.94. The Morgan fingerprint density at radius 3 is 2.04 bits per heavy atom. The lowest BCUT2D eigenvalue weighted by Crippen LogP contribution is -2.60. The Hall–Kier alpha value is -5.93. The molecular formula is C38H28Cl2FN5O9. The molecule has 4 aromatic carbocycles. The van der Waals surface area contributed by atoms with E-state index >= 15 is 0 Å². The van der Waals surface area contributed by atoms with E-state index in [9.17, 15) is 48.9 Å². The number of aromatic hydroxyl groups is 1. The Bertz CT molecular complexity index is 2440. The van der Waals surface area contributed by atoms with E-state index in [4.69, 9.17) is 23.2 Å². The van der Waals surface area contributed by atoms with E-state index in [0.717, 1.165) is 29.2 Å². The number of imide groups is 2. The number of hydrogen-bond donors (Lipinski definition) is 1. The molecule has 3 fully saturated rings. The molecule has 4 aromatic rings. The summed E-state index contributed by atoms with van der Waals surface area (Å²) in [5.41, 5.74) is -1.32. The highest BCUT2D eigenvalue weighted by Crippen LogP contribution is 2.66. The van der Waals surface area contributed by atoms with Crippen molar-refractivity contribution in [2.75, 3.05) is 28.8 Å². The third-order valence-corrected chi connectivity index (χ3v) is 12.7. The van der Waals surface area contributed by atoms with Crippen molar-refractivity contribution in [1.82, 2.24) is 0 Å². The molecule has 280 valence electrons. The zero-order valence-corrected chi connectivity index (χ0v) is 30.3. The number of halogens is 3. The minimum atomic E-state index is -2.25. The summed E-state index contributed by atoms with van der Waals surface area (Å²) in [6.07, 6.45) is 1.22. The molecule has 8 rings (SSSR count). The Kier molecular flexibility index (Phi) is 8.06. The van der Waals surface area contributed by atoms with Gasteiger partial charge < -0.3 is 10.0 Å². The molecule has 0 spiro atoms. The van der Waals surface area contributed by atoms with Crippen LogP contribution >= 0.6 is 23.2 Å². The molecule has 2 saturated heterocycles. The van der Waals surface area contributed by atoms with Crippen molar-refractivity contribution < 1.29 is 38.5 Å². The van der Waals surface area contributed by atoms with Gasteiger partial charge in [0.15, 0.2) is 15.4 Å². The van der Waals surface area contributed by atoms with Crippen molar-refractivity contribution in [3.8, 4) is 5.75 Å². The average molecular weight is 789 g/mol. The molecule has 0 radical (unpaired) electrons. The molecule has 55 heavy (non-hydrogen) atoms. The van der Waals surface area contributed by atoms with Gasteiger partial charge in [-0.25, -0.2) is 14.2 Å². The minimum Gasteiger partial charge on any atom is -0.507 e. The highest BCUT2D eigenvalue weighted by molar-refractivity contribution is 6.58. The number of allylic oxidation sites excluding steroid dienone is 2. The van der Waals surface area contributed by atoms with Crippen LogP contribution in [0.5, 0.6) is 5.75 Å². The fraction of sp³-hybridized carbons (Fsp3) is 0.263. The number of anilines is 3. The molecule has 17 heteroatoms. The normalized spacial score (nSPS) is 27.2. The highest BCUT2D eigenvalue weighted by Gasteiger charge is 2.76. The van der Waals surface area contributed by atoms with E-state index in [2.05, 4.69) is 0 Å². The molecule has 14 nitrogen and oxygen atoms in total. The third-order valence-electron chi connectivity index (χ3n) is 11.3. The average Bonchev–Trinajstić information content (AvgIpc) is 3.49. The molecule has 4 aliphatic rings. The van der Waals surface area contributed by atoms with Gasteiger partial charge in [0.05, 0.1) is 33.1 Å². The van der Waals surface area contributed by atoms with Gasteiger partial charge in [0.2, 0.25) is 11.8 Å². The number of carbonyl (C=O) groups excluding carboxylic acids is 4. The zero-order chi connectivity index (χ0) is 39.5. The first-order valence-corrected chi connectivity index (χ1v) is 17.7. The van der Waals surface area contributed by atoms with Crippen LogP contribution in [0.3, 0.4) is 0 Å². The van der Waals surface area contributed by atoms with Crippen LogP contribution in [0.1, 0.15) is 24.3 Å². The Labute approximate surface area is 320 Å². The van der Waals surface area contributed by atoms with Gasteiger partial charge >= 0.3 is 11.4 Å². The number of benzene rings is 4. The molecule has 2 aliphatic heterocycles. The van der Waals surface area contributed by atoms with Crippen LogP contribution in [-0.4, -0.2) is 62.4 Å². The lowest BCUT2D eigenvalue weighted by atomic mass is 9.56. The van der Waals surface area contributed by atoms with Gasteiger partial charge in [-0.2, -0.15) is 0 Å². The summed E-state index contributed by atoms with van der Waals surface area (Å²) in [7, 11) is 2.76. The zero-order valence-electron chi connectivity index (χ0n) is 28.8. The lowest BCUT2D eigenvalue weighted by molar-refractivity contribution is -0.392. The summed E-state index contributed by atoms with van der Waals surface area (Å²) in [6.45, 7) is 0. The first kappa shape index (κ1) is 36.1. The molecule has 2 aliphatic carbocycles. The molecule has 4 amide bonds. The SMILES string of the molecule is CN(C)c1c([N+](=O)[O-])cc(N2C(=O)C3CC=C4C(CC5(Cl)C(=O)N(c6ccc(F)cc6)C(=O)C5(Cl)C4c4ccc(O)c5ccccc45)C3C2=O)cc1[N+](=O)[O-]. The predicted octanol–water partition coefficient (Wildman–Crippen LogP) is 6.33. The number of alkyl halides is 2. The summed E-state index contributed by atoms with van der Waals surface area (Å²) in [6, 6.07) is 16.2. The van der Waals surface area contributed by atoms with E-state index in [-0.39, 0.29) is 29.2 Å². The van der Waals surface area contributed by atoms with Crippen molar-refractivity contribution in [3.63, 3.8) is 0 Å². The highest BCUT2D eigenvalue weighted by atomic mass is 35.5. The number of rotatable bonds is 6. The quantitative estimate of drug-likeness (QED) is 0.0761. The molecule has 2 heterocycles. The lowest BCUT2D eigenvalue weighted by Gasteiger charge is -2.51. The van der Waals surface area contributed by atoms with E-state index in [1.807, 2.05) is 0 Å². The number of carbonyl (C=O) groups is 4. The number of fused-ring (bicyclic) bond motifs is 5. The molecule has 6 unspecified atom stereocenters. The summed E-state index contributed by atoms with van der Waals surface area (Å²) < 4.78 is 14.0. The van der Waals surface area contributed by atoms with Crippen molar-refractivity contribution in [1.29, 1.82) is 0 Å². The van der Waals surface area contributed by atoms with Crippen LogP contribution in [0.25, 0.3) is 10.8 Å². The van der Waals surface area contributed by atoms with Gasteiger partial charge in [0, 0.05) is 37.5 Å². The second-order valence-electron chi connectivity index (χ2n) is 14.2. The number of phenolic OH excluding ortho intramolecular Hbond substituents is 1. The van der Waals surface area contributed by atoms with Crippen molar-refractivity contribution in [3.05, 3.63) is 116 Å². The Morgan fingerprint density at radius 2 is 1.44 bits per heavy atom. The maximum atomic E-state index is 14.7. The summed E-state index contributed by atoms with van der Waals surface area (Å²) in [5.74, 6) is -8.70. The van der Waals surface area contributed by atoms with Crippen LogP contribution < -0.4 is 14.7 Å². The van der Waals surface area contributed by atoms with Crippen LogP contribution in [0, 0.1) is 43.8 Å². The number of amides is 4. The Balaban J connectivity index is 1.32. The van der Waals surface area contributed by atoms with Crippen LogP contribution in [0.15, 0.2) is 84.4 Å². The molecular weight excluding hydrogens is 760 g/mol. The number of nitro groups is 2. The topological polar surface area (TPSA) is 185 Å². The van der Waals surface area contributed by atoms with Gasteiger partial charge in [-0.05, 0) is 60.0 Å². The fourth-order valence-electron chi connectivity index (χ4n) is 9.01. The molecule has 1 N–H and O–H groups in total. The van der Waals surface area contributed by atoms with Gasteiger partial charge in [0.25, 0.3) is 11.8 Å². The van der Waals surface area contributed by atoms with E-state index in [1.165, 1.54) is 37.2 Å². The molecule has 0 aromatic heterocycles. The third kappa shape index (κ3) is 4.85. The second kappa shape index (κ2) is 12.3. The van der Waals surface area contributed by atoms with E-state index < -0.39 is 90.5 Å². The predicted molar refractivity (Wildman–Crippen MR) is 199 cm³/mol. The summed E-state index contributed by atoms with van der Waals surface area (Å²) in [5, 5.41) is 36.0. The van der Waals surface area contributed by atoms with Crippen molar-refractivity contribution in [2.24, 2.45) is 17.8 Å². The standard InChI is InChI=1S/C38H28Cl2FN5O9/c1-42(2)32-27(45(52)53)15-20(16-28(32)46(54)55)43-33(48)25-12-11-24-26(30(25)34(43)49)17-37(39)35(50)44(19-9-7-18(41)8-10-19)36(51)38(37,40)31(24)23-13-14-29(47)22-6-4-3-5-21(22)23/h3-11,13-16,25-26,30-31,47H,12,17H2,1-2H3. The largest absolute Gasteiger partial charge is 0.507 e. The van der Waals surface area contributed by atoms with Gasteiger partial charge in [-0.15, -0.1) is 23.2 Å². The smallest absolute Gasteiger partial charge is 0.301 e. The first-order chi connectivity index (χ1) is 26.0. The van der Waals surface area contributed by atoms with Crippen molar-refractivity contribution in [2.45, 2.75) is 28.5 Å². The Morgan fingerprint density at radius 1 is 0.818 bits per heavy atom. The van der Waals surface area contributed by atoms with Crippen LogP contribution in [0.4, 0.5) is 32.8 Å². The van der Waals surface area contributed by atoms with Gasteiger partial charge in [-0.3, -0.25) is 39.4 Å². The molecule has 6 atom stereocenters. The monoisotopic (exact) mass is 787 g/mol.